The lowest BCUT2D eigenvalue weighted by molar-refractivity contribution is -0.140. The van der Waals surface area contributed by atoms with Gasteiger partial charge >= 0.3 is 0 Å². The van der Waals surface area contributed by atoms with Gasteiger partial charge in [-0.25, -0.2) is 13.2 Å². The van der Waals surface area contributed by atoms with Crippen molar-refractivity contribution in [3.63, 3.8) is 0 Å². The zero-order chi connectivity index (χ0) is 25.0. The zero-order valence-electron chi connectivity index (χ0n) is 19.5. The summed E-state index contributed by atoms with van der Waals surface area (Å²) in [6.07, 6.45) is 3.98. The summed E-state index contributed by atoms with van der Waals surface area (Å²) >= 11 is 0. The molecule has 2 fully saturated rings. The smallest absolute Gasteiger partial charge is 0.246 e. The van der Waals surface area contributed by atoms with Crippen molar-refractivity contribution in [1.82, 2.24) is 9.80 Å². The largest absolute Gasteiger partial charge is 0.389 e. The Hall–Kier alpha value is -2.68. The van der Waals surface area contributed by atoms with E-state index in [-0.39, 0.29) is 43.2 Å². The summed E-state index contributed by atoms with van der Waals surface area (Å²) in [7, 11) is 0. The molecule has 2 N–H and O–H groups in total. The standard InChI is InChI=1S/C27H31F3N2O3/c28-22-4-2-20(3-5-22)21-7-11-31(12-8-21)18-25(33)27(35)9-13-32(14-10-27)26(34)6-1-19-15-23(29)17-24(30)16-19/h1-6,15-17,21,25,33,35H,7-14,18H2/b6-1+. The third-order valence-electron chi connectivity index (χ3n) is 7.22. The van der Waals surface area contributed by atoms with Gasteiger partial charge < -0.3 is 20.0 Å². The molecule has 0 bridgehead atoms. The highest BCUT2D eigenvalue weighted by Crippen LogP contribution is 2.31. The first-order valence-electron chi connectivity index (χ1n) is 12.0. The fourth-order valence-electron chi connectivity index (χ4n) is 4.99. The van der Waals surface area contributed by atoms with Crippen molar-refractivity contribution in [2.45, 2.75) is 43.3 Å². The zero-order valence-corrected chi connectivity index (χ0v) is 19.5. The number of rotatable bonds is 6. The maximum absolute atomic E-state index is 13.3. The van der Waals surface area contributed by atoms with Gasteiger partial charge in [0.2, 0.25) is 5.91 Å². The lowest BCUT2D eigenvalue weighted by Gasteiger charge is -2.43. The van der Waals surface area contributed by atoms with E-state index >= 15 is 0 Å². The molecule has 1 unspecified atom stereocenters. The van der Waals surface area contributed by atoms with Crippen LogP contribution in [0.5, 0.6) is 0 Å². The molecule has 0 radical (unpaired) electrons. The van der Waals surface area contributed by atoms with Crippen LogP contribution in [-0.2, 0) is 4.79 Å². The van der Waals surface area contributed by atoms with Gasteiger partial charge in [-0.2, -0.15) is 0 Å². The number of halogens is 3. The number of piperidine rings is 2. The molecule has 1 atom stereocenters. The highest BCUT2D eigenvalue weighted by atomic mass is 19.1. The molecule has 0 spiro atoms. The Kier molecular flexibility index (Phi) is 7.94. The Morgan fingerprint density at radius 1 is 0.971 bits per heavy atom. The van der Waals surface area contributed by atoms with E-state index in [0.717, 1.165) is 49.7 Å². The molecule has 1 amide bonds. The number of hydrogen-bond acceptors (Lipinski definition) is 4. The van der Waals surface area contributed by atoms with Crippen molar-refractivity contribution < 1.29 is 28.2 Å². The Morgan fingerprint density at radius 2 is 1.57 bits per heavy atom. The number of amides is 1. The van der Waals surface area contributed by atoms with Gasteiger partial charge in [-0.3, -0.25) is 4.79 Å². The second-order valence-electron chi connectivity index (χ2n) is 9.61. The molecule has 2 aromatic carbocycles. The maximum Gasteiger partial charge on any atom is 0.246 e. The minimum absolute atomic E-state index is 0.242. The van der Waals surface area contributed by atoms with Gasteiger partial charge in [-0.1, -0.05) is 12.1 Å². The lowest BCUT2D eigenvalue weighted by Crippen LogP contribution is -2.56. The molecular formula is C27H31F3N2O3. The molecule has 8 heteroatoms. The second-order valence-corrected chi connectivity index (χ2v) is 9.61. The average Bonchev–Trinajstić information content (AvgIpc) is 2.83. The number of nitrogens with zero attached hydrogens (tertiary/aromatic N) is 2. The monoisotopic (exact) mass is 488 g/mol. The average molecular weight is 489 g/mol. The molecule has 4 rings (SSSR count). The number of likely N-dealkylation sites (tertiary alicyclic amines) is 2. The number of carbonyl (C=O) groups is 1. The highest BCUT2D eigenvalue weighted by molar-refractivity contribution is 5.91. The lowest BCUT2D eigenvalue weighted by atomic mass is 9.84. The number of benzene rings is 2. The fraction of sp³-hybridized carbons (Fsp3) is 0.444. The van der Waals surface area contributed by atoms with Crippen molar-refractivity contribution in [3.8, 4) is 0 Å². The Labute approximate surface area is 203 Å². The van der Waals surface area contributed by atoms with E-state index in [9.17, 15) is 28.2 Å². The van der Waals surface area contributed by atoms with Crippen molar-refractivity contribution in [2.24, 2.45) is 0 Å². The highest BCUT2D eigenvalue weighted by Gasteiger charge is 2.40. The molecule has 2 saturated heterocycles. The van der Waals surface area contributed by atoms with Gasteiger partial charge in [0, 0.05) is 31.8 Å². The Bertz CT molecular complexity index is 1020. The number of aliphatic hydroxyl groups is 2. The number of β-amino-alcohol motifs (C(OH)–C–C–N with tert-alkyl or cyclic N) is 1. The minimum atomic E-state index is -1.28. The van der Waals surface area contributed by atoms with E-state index in [2.05, 4.69) is 4.90 Å². The van der Waals surface area contributed by atoms with Crippen LogP contribution in [0.25, 0.3) is 6.08 Å². The summed E-state index contributed by atoms with van der Waals surface area (Å²) in [5, 5.41) is 21.8. The van der Waals surface area contributed by atoms with E-state index < -0.39 is 23.3 Å². The van der Waals surface area contributed by atoms with E-state index in [4.69, 9.17) is 0 Å². The van der Waals surface area contributed by atoms with Gasteiger partial charge in [-0.05, 0) is 86.2 Å². The van der Waals surface area contributed by atoms with Gasteiger partial charge in [-0.15, -0.1) is 0 Å². The Morgan fingerprint density at radius 3 is 2.17 bits per heavy atom. The van der Waals surface area contributed by atoms with Crippen LogP contribution in [0.15, 0.2) is 48.5 Å². The van der Waals surface area contributed by atoms with Gasteiger partial charge in [0.05, 0.1) is 11.7 Å². The number of hydrogen-bond donors (Lipinski definition) is 2. The first-order chi connectivity index (χ1) is 16.7. The minimum Gasteiger partial charge on any atom is -0.389 e. The van der Waals surface area contributed by atoms with Crippen molar-refractivity contribution >= 4 is 12.0 Å². The molecule has 188 valence electrons. The number of carbonyl (C=O) groups excluding carboxylic acids is 1. The van der Waals surface area contributed by atoms with Gasteiger partial charge in [0.25, 0.3) is 0 Å². The van der Waals surface area contributed by atoms with Crippen LogP contribution in [0.4, 0.5) is 13.2 Å². The molecule has 2 aromatic rings. The number of aliphatic hydroxyl groups excluding tert-OH is 1. The molecular weight excluding hydrogens is 457 g/mol. The molecule has 5 nitrogen and oxygen atoms in total. The molecule has 0 aromatic heterocycles. The van der Waals surface area contributed by atoms with Gasteiger partial charge in [0.15, 0.2) is 0 Å². The molecule has 2 aliphatic rings. The molecule has 2 aliphatic heterocycles. The van der Waals surface area contributed by atoms with Crippen LogP contribution in [0.3, 0.4) is 0 Å². The van der Waals surface area contributed by atoms with Crippen LogP contribution in [0.1, 0.15) is 42.7 Å². The second kappa shape index (κ2) is 10.9. The summed E-state index contributed by atoms with van der Waals surface area (Å²) in [6, 6.07) is 9.66. The normalized spacial score (nSPS) is 20.3. The maximum atomic E-state index is 13.3. The summed E-state index contributed by atoms with van der Waals surface area (Å²) in [6.45, 7) is 2.48. The molecule has 0 saturated carbocycles. The molecule has 0 aliphatic carbocycles. The van der Waals surface area contributed by atoms with Crippen molar-refractivity contribution in [1.29, 1.82) is 0 Å². The summed E-state index contributed by atoms with van der Waals surface area (Å²) in [5.41, 5.74) is 0.0989. The van der Waals surface area contributed by atoms with E-state index in [1.807, 2.05) is 12.1 Å². The first-order valence-corrected chi connectivity index (χ1v) is 12.0. The van der Waals surface area contributed by atoms with Crippen LogP contribution in [-0.4, -0.2) is 70.3 Å². The first kappa shape index (κ1) is 25.4. The van der Waals surface area contributed by atoms with Crippen LogP contribution >= 0.6 is 0 Å². The van der Waals surface area contributed by atoms with Crippen LogP contribution in [0.2, 0.25) is 0 Å². The molecule has 2 heterocycles. The fourth-order valence-corrected chi connectivity index (χ4v) is 4.99. The third kappa shape index (κ3) is 6.51. The predicted octanol–water partition coefficient (Wildman–Crippen LogP) is 3.71. The SMILES string of the molecule is O=C(/C=C/c1cc(F)cc(F)c1)N1CCC(O)(C(O)CN2CCC(c3ccc(F)cc3)CC2)CC1. The van der Waals surface area contributed by atoms with Crippen molar-refractivity contribution in [2.75, 3.05) is 32.7 Å². The summed E-state index contributed by atoms with van der Waals surface area (Å²) in [4.78, 5) is 16.2. The van der Waals surface area contributed by atoms with E-state index in [1.54, 1.807) is 4.90 Å². The third-order valence-corrected chi connectivity index (χ3v) is 7.22. The molecule has 35 heavy (non-hydrogen) atoms. The quantitative estimate of drug-likeness (QED) is 0.609. The van der Waals surface area contributed by atoms with Crippen molar-refractivity contribution in [3.05, 3.63) is 77.1 Å². The predicted molar refractivity (Wildman–Crippen MR) is 127 cm³/mol. The van der Waals surface area contributed by atoms with Crippen LogP contribution in [0, 0.1) is 17.5 Å². The van der Waals surface area contributed by atoms with Gasteiger partial charge in [0.1, 0.15) is 17.5 Å². The van der Waals surface area contributed by atoms with E-state index in [0.29, 0.717) is 12.5 Å². The van der Waals surface area contributed by atoms with Crippen LogP contribution < -0.4 is 0 Å². The summed E-state index contributed by atoms with van der Waals surface area (Å²) in [5.74, 6) is -1.62. The Balaban J connectivity index is 1.24. The topological polar surface area (TPSA) is 64.0 Å². The van der Waals surface area contributed by atoms with E-state index in [1.165, 1.54) is 24.3 Å². The summed E-state index contributed by atoms with van der Waals surface area (Å²) < 4.78 is 39.8.